The molecule has 8 N–H and O–H groups in total. The van der Waals surface area contributed by atoms with Gasteiger partial charge < -0.3 is 35.4 Å². The summed E-state index contributed by atoms with van der Waals surface area (Å²) >= 11 is 0. The molecule has 18 nitrogen and oxygen atoms in total. The van der Waals surface area contributed by atoms with Crippen molar-refractivity contribution in [1.82, 2.24) is 19.5 Å². The van der Waals surface area contributed by atoms with Crippen LogP contribution < -0.4 is 16.6 Å². The van der Waals surface area contributed by atoms with E-state index in [-0.39, 0.29) is 34.9 Å². The topological polar surface area (TPSA) is 271 Å². The zero-order valence-corrected chi connectivity index (χ0v) is 23.0. The molecule has 21 heteroatoms. The lowest BCUT2D eigenvalue weighted by molar-refractivity contribution is -0.0323. The fraction of sp³-hybridized carbons (Fsp3) is 0.688. The first-order valence-electron chi connectivity index (χ1n) is 10.7. The van der Waals surface area contributed by atoms with Gasteiger partial charge in [-0.1, -0.05) is 13.8 Å². The van der Waals surface area contributed by atoms with Gasteiger partial charge in [0.15, 0.2) is 11.2 Å². The van der Waals surface area contributed by atoms with Gasteiger partial charge in [0.2, 0.25) is 11.9 Å². The number of phosphoric ester groups is 1. The molecule has 1 saturated heterocycles. The molecule has 0 amide bonds. The molecule has 0 aliphatic carbocycles. The molecule has 3 heterocycles. The second-order valence-corrected chi connectivity index (χ2v) is 13.9. The molecule has 2 aromatic heterocycles. The first kappa shape index (κ1) is 29.9. The fourth-order valence-electron chi connectivity index (χ4n) is 3.65. The maximum Gasteiger partial charge on any atom is 0.490 e. The van der Waals surface area contributed by atoms with Crippen molar-refractivity contribution in [3.63, 3.8) is 0 Å². The second-order valence-electron chi connectivity index (χ2n) is 9.47. The maximum absolute atomic E-state index is 12.5. The number of nitrogens with one attached hydrogen (secondary N) is 2. The van der Waals surface area contributed by atoms with E-state index in [0.29, 0.717) is 0 Å². The number of ether oxygens (including phenoxy) is 1. The minimum Gasteiger partial charge on any atom is -0.369 e. The highest BCUT2D eigenvalue weighted by Crippen LogP contribution is 2.66. The molecular weight excluding hydrogens is 561 g/mol. The predicted octanol–water partition coefficient (Wildman–Crippen LogP) is 1.43. The summed E-state index contributed by atoms with van der Waals surface area (Å²) in [6, 6.07) is 0. The average Bonchev–Trinajstić information content (AvgIpc) is 3.13. The van der Waals surface area contributed by atoms with Crippen molar-refractivity contribution >= 4 is 46.5 Å². The number of anilines is 2. The molecule has 0 aromatic carbocycles. The second kappa shape index (κ2) is 10.1. The molecule has 6 atom stereocenters. The van der Waals surface area contributed by atoms with E-state index >= 15 is 0 Å². The molecule has 0 radical (unpaired) electrons. The Labute approximate surface area is 210 Å². The van der Waals surface area contributed by atoms with Gasteiger partial charge in [-0.25, -0.2) is 18.7 Å². The van der Waals surface area contributed by atoms with Crippen molar-refractivity contribution in [1.29, 1.82) is 0 Å². The summed E-state index contributed by atoms with van der Waals surface area (Å²) in [4.78, 5) is 59.8. The highest BCUT2D eigenvalue weighted by molar-refractivity contribution is 7.66. The number of hydrogen-bond acceptors (Lipinski definition) is 12. The molecule has 0 spiro atoms. The van der Waals surface area contributed by atoms with E-state index < -0.39 is 53.5 Å². The number of imidazole rings is 1. The smallest absolute Gasteiger partial charge is 0.369 e. The Morgan fingerprint density at radius 1 is 1.08 bits per heavy atom. The van der Waals surface area contributed by atoms with Crippen LogP contribution >= 0.6 is 23.5 Å². The molecular formula is C16H29N6O12P3. The van der Waals surface area contributed by atoms with Crippen LogP contribution in [-0.2, 0) is 31.6 Å². The Hall–Kier alpha value is -1.68. The normalized spacial score (nSPS) is 26.2. The lowest BCUT2D eigenvalue weighted by atomic mass is 9.93. The van der Waals surface area contributed by atoms with Crippen LogP contribution in [0.5, 0.6) is 0 Å². The first-order chi connectivity index (χ1) is 16.7. The van der Waals surface area contributed by atoms with Gasteiger partial charge in [-0.3, -0.25) is 18.9 Å². The SMILES string of the molecule is CC1[C@@H](C)[C@@H](COP(=O)(O)OP(=O)(O)OP(=O)(O)O)O[C@H]1n1c(NC(C)(C)C)nc2c(=O)[nH]c(N)nc21. The quantitative estimate of drug-likeness (QED) is 0.203. The van der Waals surface area contributed by atoms with Crippen LogP contribution in [0.2, 0.25) is 0 Å². The number of nitrogen functional groups attached to an aromatic ring is 1. The molecule has 1 aliphatic rings. The maximum atomic E-state index is 12.5. The summed E-state index contributed by atoms with van der Waals surface area (Å²) < 4.78 is 54.3. The van der Waals surface area contributed by atoms with Gasteiger partial charge >= 0.3 is 23.5 Å². The molecule has 37 heavy (non-hydrogen) atoms. The van der Waals surface area contributed by atoms with Crippen molar-refractivity contribution in [3.05, 3.63) is 10.4 Å². The largest absolute Gasteiger partial charge is 0.490 e. The van der Waals surface area contributed by atoms with Crippen molar-refractivity contribution in [2.45, 2.75) is 52.5 Å². The Kier molecular flexibility index (Phi) is 8.18. The molecule has 3 unspecified atom stereocenters. The summed E-state index contributed by atoms with van der Waals surface area (Å²) in [5, 5.41) is 3.18. The summed E-state index contributed by atoms with van der Waals surface area (Å²) in [5.74, 6) is -0.557. The number of aromatic nitrogens is 4. The molecule has 0 saturated carbocycles. The Morgan fingerprint density at radius 3 is 2.27 bits per heavy atom. The zero-order valence-electron chi connectivity index (χ0n) is 20.3. The number of hydrogen-bond donors (Lipinski definition) is 7. The van der Waals surface area contributed by atoms with Crippen molar-refractivity contribution in [2.75, 3.05) is 17.7 Å². The van der Waals surface area contributed by atoms with E-state index in [4.69, 9.17) is 24.8 Å². The summed E-state index contributed by atoms with van der Waals surface area (Å²) in [5.41, 5.74) is 4.82. The Morgan fingerprint density at radius 2 is 1.70 bits per heavy atom. The van der Waals surface area contributed by atoms with Crippen LogP contribution in [0.3, 0.4) is 0 Å². The lowest BCUT2D eigenvalue weighted by Gasteiger charge is -2.26. The summed E-state index contributed by atoms with van der Waals surface area (Å²) in [6.45, 7) is 8.54. The Balaban J connectivity index is 1.87. The monoisotopic (exact) mass is 590 g/mol. The van der Waals surface area contributed by atoms with Crippen LogP contribution in [0.1, 0.15) is 40.8 Å². The van der Waals surface area contributed by atoms with Crippen LogP contribution in [0, 0.1) is 11.8 Å². The van der Waals surface area contributed by atoms with Crippen molar-refractivity contribution in [2.24, 2.45) is 11.8 Å². The number of nitrogens with two attached hydrogens (primary N) is 1. The highest BCUT2D eigenvalue weighted by Gasteiger charge is 2.45. The van der Waals surface area contributed by atoms with Crippen LogP contribution in [0.25, 0.3) is 11.2 Å². The molecule has 2 aromatic rings. The van der Waals surface area contributed by atoms with Gasteiger partial charge in [-0.15, -0.1) is 0 Å². The van der Waals surface area contributed by atoms with Crippen molar-refractivity contribution < 1.29 is 51.2 Å². The van der Waals surface area contributed by atoms with E-state index in [0.717, 1.165) is 0 Å². The minimum atomic E-state index is -5.65. The van der Waals surface area contributed by atoms with E-state index in [2.05, 4.69) is 28.9 Å². The molecule has 3 rings (SSSR count). The molecule has 210 valence electrons. The van der Waals surface area contributed by atoms with Gasteiger partial charge in [-0.2, -0.15) is 13.6 Å². The number of H-pyrrole nitrogens is 1. The predicted molar refractivity (Wildman–Crippen MR) is 128 cm³/mol. The average molecular weight is 590 g/mol. The third-order valence-electron chi connectivity index (χ3n) is 5.31. The summed E-state index contributed by atoms with van der Waals surface area (Å²) in [6.07, 6.45) is -1.70. The Bertz CT molecular complexity index is 1370. The lowest BCUT2D eigenvalue weighted by Crippen LogP contribution is -2.29. The van der Waals surface area contributed by atoms with E-state index in [1.165, 1.54) is 4.57 Å². The minimum absolute atomic E-state index is 0.00103. The third-order valence-corrected chi connectivity index (χ3v) is 9.11. The van der Waals surface area contributed by atoms with Gasteiger partial charge in [0, 0.05) is 11.5 Å². The highest BCUT2D eigenvalue weighted by atomic mass is 31.3. The van der Waals surface area contributed by atoms with Gasteiger partial charge in [0.1, 0.15) is 6.23 Å². The number of aromatic amines is 1. The third kappa shape index (κ3) is 7.46. The molecule has 1 fully saturated rings. The van der Waals surface area contributed by atoms with Crippen LogP contribution in [-0.4, -0.2) is 57.3 Å². The van der Waals surface area contributed by atoms with E-state index in [1.807, 2.05) is 27.7 Å². The van der Waals surface area contributed by atoms with E-state index in [9.17, 15) is 28.3 Å². The van der Waals surface area contributed by atoms with Gasteiger partial charge in [0.05, 0.1) is 12.7 Å². The first-order valence-corrected chi connectivity index (χ1v) is 15.2. The van der Waals surface area contributed by atoms with Gasteiger partial charge in [0.25, 0.3) is 5.56 Å². The van der Waals surface area contributed by atoms with Crippen molar-refractivity contribution in [3.8, 4) is 0 Å². The molecule has 1 aliphatic heterocycles. The van der Waals surface area contributed by atoms with Crippen LogP contribution in [0.15, 0.2) is 4.79 Å². The van der Waals surface area contributed by atoms with E-state index in [1.54, 1.807) is 6.92 Å². The number of phosphoric acid groups is 3. The standard InChI is InChI=1S/C16H29N6O12P3/c1-7-8(2)13(32-9(7)6-31-36(27,28)34-37(29,30)33-35(24,25)26)22-11-10(12(23)20-14(17)19-11)18-15(22)21-16(3,4)5/h7-9,13H,6H2,1-5H3,(H,18,21)(H,27,28)(H,29,30)(H2,24,25,26)(H3,17,19,20,23)/t7-,8?,9-,13-/m1/s1. The fourth-order valence-corrected chi connectivity index (χ4v) is 6.68. The zero-order chi connectivity index (χ0) is 28.1. The summed E-state index contributed by atoms with van der Waals surface area (Å²) in [7, 11) is -16.5. The van der Waals surface area contributed by atoms with Gasteiger partial charge in [-0.05, 0) is 26.7 Å². The molecule has 0 bridgehead atoms. The number of rotatable bonds is 9. The van der Waals surface area contributed by atoms with Crippen LogP contribution in [0.4, 0.5) is 11.9 Å². The number of nitrogens with zero attached hydrogens (tertiary/aromatic N) is 3. The number of fused-ring (bicyclic) bond motifs is 1.